The molecule has 0 spiro atoms. The Morgan fingerprint density at radius 1 is 1.31 bits per heavy atom. The van der Waals surface area contributed by atoms with Crippen LogP contribution in [0.25, 0.3) is 0 Å². The molecule has 0 fully saturated rings. The summed E-state index contributed by atoms with van der Waals surface area (Å²) in [4.78, 5) is 21.6. The van der Waals surface area contributed by atoms with E-state index in [4.69, 9.17) is 16.2 Å². The number of nitrogens with two attached hydrogens (primary N) is 2. The molecule has 0 radical (unpaired) electrons. The van der Waals surface area contributed by atoms with Gasteiger partial charge in [-0.15, -0.1) is 0 Å². The second kappa shape index (κ2) is 8.06. The van der Waals surface area contributed by atoms with Crippen molar-refractivity contribution in [2.45, 2.75) is 32.3 Å². The van der Waals surface area contributed by atoms with Gasteiger partial charge in [-0.25, -0.2) is 0 Å². The van der Waals surface area contributed by atoms with Gasteiger partial charge in [-0.1, -0.05) is 13.3 Å². The second-order valence-corrected chi connectivity index (χ2v) is 3.68. The average molecular weight is 232 g/mol. The highest BCUT2D eigenvalue weighted by molar-refractivity contribution is 5.98. The van der Waals surface area contributed by atoms with Crippen molar-refractivity contribution < 1.29 is 19.4 Å². The second-order valence-electron chi connectivity index (χ2n) is 3.68. The van der Waals surface area contributed by atoms with Gasteiger partial charge in [0.25, 0.3) is 0 Å². The number of aliphatic hydroxyl groups excluding tert-OH is 1. The molecule has 0 heterocycles. The maximum Gasteiger partial charge on any atom is 0.230 e. The van der Waals surface area contributed by atoms with Crippen LogP contribution in [-0.2, 0) is 14.3 Å². The highest BCUT2D eigenvalue weighted by Gasteiger charge is 2.24. The Labute approximate surface area is 94.9 Å². The quantitative estimate of drug-likeness (QED) is 0.354. The lowest BCUT2D eigenvalue weighted by molar-refractivity contribution is -0.133. The number of carbonyl (C=O) groups excluding carboxylic acids is 2. The number of amides is 2. The third-order valence-corrected chi connectivity index (χ3v) is 2.15. The topological polar surface area (TPSA) is 116 Å². The smallest absolute Gasteiger partial charge is 0.230 e. The van der Waals surface area contributed by atoms with Gasteiger partial charge in [0, 0.05) is 6.61 Å². The van der Waals surface area contributed by atoms with Crippen LogP contribution in [0.15, 0.2) is 0 Å². The number of primary amides is 2. The Bertz CT molecular complexity index is 219. The molecule has 16 heavy (non-hydrogen) atoms. The minimum absolute atomic E-state index is 0.0804. The van der Waals surface area contributed by atoms with Gasteiger partial charge in [-0.2, -0.15) is 0 Å². The zero-order chi connectivity index (χ0) is 12.6. The molecule has 1 atom stereocenters. The number of carbonyl (C=O) groups is 2. The van der Waals surface area contributed by atoms with Crippen molar-refractivity contribution in [1.82, 2.24) is 0 Å². The fourth-order valence-electron chi connectivity index (χ4n) is 1.18. The lowest BCUT2D eigenvalue weighted by atomic mass is 10.0. The molecular formula is C10H20N2O4. The van der Waals surface area contributed by atoms with Crippen molar-refractivity contribution >= 4 is 11.8 Å². The first kappa shape index (κ1) is 14.9. The van der Waals surface area contributed by atoms with E-state index in [1.165, 1.54) is 0 Å². The highest BCUT2D eigenvalue weighted by atomic mass is 16.5. The van der Waals surface area contributed by atoms with Crippen LogP contribution in [0.5, 0.6) is 0 Å². The molecule has 0 aliphatic rings. The van der Waals surface area contributed by atoms with Gasteiger partial charge in [0.15, 0.2) is 0 Å². The van der Waals surface area contributed by atoms with Crippen molar-refractivity contribution in [3.63, 3.8) is 0 Å². The number of ether oxygens (including phenoxy) is 1. The first-order valence-electron chi connectivity index (χ1n) is 5.33. The largest absolute Gasteiger partial charge is 0.391 e. The molecule has 0 aliphatic heterocycles. The molecule has 0 unspecified atom stereocenters. The van der Waals surface area contributed by atoms with Crippen LogP contribution in [0.3, 0.4) is 0 Å². The van der Waals surface area contributed by atoms with E-state index in [0.29, 0.717) is 6.61 Å². The summed E-state index contributed by atoms with van der Waals surface area (Å²) in [6.45, 7) is 2.65. The van der Waals surface area contributed by atoms with E-state index in [-0.39, 0.29) is 13.0 Å². The van der Waals surface area contributed by atoms with Crippen LogP contribution in [0.2, 0.25) is 0 Å². The molecule has 5 N–H and O–H groups in total. The van der Waals surface area contributed by atoms with E-state index >= 15 is 0 Å². The molecule has 0 bridgehead atoms. The monoisotopic (exact) mass is 232 g/mol. The minimum Gasteiger partial charge on any atom is -0.391 e. The van der Waals surface area contributed by atoms with Gasteiger partial charge in [-0.3, -0.25) is 9.59 Å². The molecule has 2 amide bonds. The van der Waals surface area contributed by atoms with Gasteiger partial charge in [0.1, 0.15) is 5.92 Å². The maximum absolute atomic E-state index is 10.8. The Hall–Kier alpha value is -1.14. The van der Waals surface area contributed by atoms with Crippen molar-refractivity contribution in [3.8, 4) is 0 Å². The highest BCUT2D eigenvalue weighted by Crippen LogP contribution is 2.06. The van der Waals surface area contributed by atoms with Crippen molar-refractivity contribution in [3.05, 3.63) is 0 Å². The predicted molar refractivity (Wildman–Crippen MR) is 58.2 cm³/mol. The summed E-state index contributed by atoms with van der Waals surface area (Å²) in [7, 11) is 0. The van der Waals surface area contributed by atoms with Crippen LogP contribution in [0, 0.1) is 5.92 Å². The van der Waals surface area contributed by atoms with Crippen molar-refractivity contribution in [2.24, 2.45) is 17.4 Å². The molecule has 0 aromatic heterocycles. The molecule has 0 rings (SSSR count). The molecule has 0 saturated carbocycles. The summed E-state index contributed by atoms with van der Waals surface area (Å²) in [5.41, 5.74) is 9.94. The van der Waals surface area contributed by atoms with Gasteiger partial charge in [0.2, 0.25) is 11.8 Å². The summed E-state index contributed by atoms with van der Waals surface area (Å²) in [6.07, 6.45) is 0.918. The average Bonchev–Trinajstić information content (AvgIpc) is 2.20. The summed E-state index contributed by atoms with van der Waals surface area (Å²) in [6, 6.07) is 0. The lowest BCUT2D eigenvalue weighted by Gasteiger charge is -2.15. The van der Waals surface area contributed by atoms with Crippen LogP contribution >= 0.6 is 0 Å². The molecule has 6 nitrogen and oxygen atoms in total. The van der Waals surface area contributed by atoms with E-state index in [2.05, 4.69) is 0 Å². The van der Waals surface area contributed by atoms with Crippen molar-refractivity contribution in [2.75, 3.05) is 13.2 Å². The van der Waals surface area contributed by atoms with E-state index in [1.54, 1.807) is 0 Å². The normalized spacial score (nSPS) is 12.7. The Kier molecular flexibility index (Phi) is 7.49. The standard InChI is InChI=1S/C10H20N2O4/c1-2-3-4-16-6-7(13)5-8(9(11)14)10(12)15/h7-8,13H,2-6H2,1H3,(H2,11,14)(H2,12,15)/t7-/m0/s1. The first-order chi connectivity index (χ1) is 7.49. The van der Waals surface area contributed by atoms with Gasteiger partial charge in [-0.05, 0) is 12.8 Å². The number of hydrogen-bond acceptors (Lipinski definition) is 4. The van der Waals surface area contributed by atoms with Gasteiger partial charge in [0.05, 0.1) is 12.7 Å². The third kappa shape index (κ3) is 6.36. The Morgan fingerprint density at radius 2 is 1.88 bits per heavy atom. The van der Waals surface area contributed by atoms with E-state index < -0.39 is 23.8 Å². The molecule has 0 aromatic rings. The number of aliphatic hydroxyl groups is 1. The summed E-state index contributed by atoms with van der Waals surface area (Å²) >= 11 is 0. The van der Waals surface area contributed by atoms with E-state index in [0.717, 1.165) is 12.8 Å². The number of hydrogen-bond donors (Lipinski definition) is 3. The van der Waals surface area contributed by atoms with E-state index in [1.807, 2.05) is 6.92 Å². The fourth-order valence-corrected chi connectivity index (χ4v) is 1.18. The Morgan fingerprint density at radius 3 is 2.31 bits per heavy atom. The Balaban J connectivity index is 3.87. The van der Waals surface area contributed by atoms with Crippen molar-refractivity contribution in [1.29, 1.82) is 0 Å². The summed E-state index contributed by atoms with van der Waals surface area (Å²) < 4.78 is 5.14. The molecule has 0 aromatic carbocycles. The summed E-state index contributed by atoms with van der Waals surface area (Å²) in [5.74, 6) is -2.77. The SMILES string of the molecule is CCCCOC[C@@H](O)CC(C(N)=O)C(N)=O. The summed E-state index contributed by atoms with van der Waals surface area (Å²) in [5, 5.41) is 9.48. The molecule has 94 valence electrons. The third-order valence-electron chi connectivity index (χ3n) is 2.15. The van der Waals surface area contributed by atoms with Gasteiger partial charge < -0.3 is 21.3 Å². The predicted octanol–water partition coefficient (Wildman–Crippen LogP) is -0.859. The van der Waals surface area contributed by atoms with Crippen LogP contribution < -0.4 is 11.5 Å². The van der Waals surface area contributed by atoms with Crippen LogP contribution in [0.4, 0.5) is 0 Å². The zero-order valence-corrected chi connectivity index (χ0v) is 9.52. The maximum atomic E-state index is 10.8. The molecule has 0 saturated heterocycles. The van der Waals surface area contributed by atoms with Gasteiger partial charge >= 0.3 is 0 Å². The number of rotatable bonds is 9. The fraction of sp³-hybridized carbons (Fsp3) is 0.800. The molecule has 6 heteroatoms. The molecular weight excluding hydrogens is 212 g/mol. The number of unbranched alkanes of at least 4 members (excludes halogenated alkanes) is 1. The van der Waals surface area contributed by atoms with Crippen LogP contribution in [0.1, 0.15) is 26.2 Å². The first-order valence-corrected chi connectivity index (χ1v) is 5.33. The minimum atomic E-state index is -1.13. The van der Waals surface area contributed by atoms with E-state index in [9.17, 15) is 14.7 Å². The van der Waals surface area contributed by atoms with Crippen LogP contribution in [-0.4, -0.2) is 36.2 Å². The lowest BCUT2D eigenvalue weighted by Crippen LogP contribution is -2.38. The zero-order valence-electron chi connectivity index (χ0n) is 9.52. The molecule has 0 aliphatic carbocycles.